The molecule has 1 N–H and O–H groups in total. The van der Waals surface area contributed by atoms with E-state index in [-0.39, 0.29) is 17.0 Å². The van der Waals surface area contributed by atoms with Gasteiger partial charge in [-0.05, 0) is 23.7 Å². The van der Waals surface area contributed by atoms with Gasteiger partial charge in [-0.2, -0.15) is 0 Å². The molecule has 0 spiro atoms. The van der Waals surface area contributed by atoms with E-state index in [9.17, 15) is 13.2 Å². The van der Waals surface area contributed by atoms with Gasteiger partial charge in [-0.3, -0.25) is 4.79 Å². The molecule has 0 radical (unpaired) electrons. The molecule has 82 valence electrons. The summed E-state index contributed by atoms with van der Waals surface area (Å²) in [6.45, 7) is 1.91. The molecular weight excluding hydrogens is 238 g/mol. The highest BCUT2D eigenvalue weighted by molar-refractivity contribution is 7.89. The van der Waals surface area contributed by atoms with Crippen molar-refractivity contribution in [2.45, 2.75) is 11.8 Å². The van der Waals surface area contributed by atoms with Gasteiger partial charge in [0, 0.05) is 6.54 Å². The van der Waals surface area contributed by atoms with Crippen molar-refractivity contribution in [2.75, 3.05) is 6.54 Å². The summed E-state index contributed by atoms with van der Waals surface area (Å²) in [6, 6.07) is 5.81. The van der Waals surface area contributed by atoms with Crippen LogP contribution in [0.4, 0.5) is 0 Å². The summed E-state index contributed by atoms with van der Waals surface area (Å²) in [6.07, 6.45) is 0. The number of carbonyl (C=O) groups excluding carboxylic acids is 1. The number of hydrogen-bond acceptors (Lipinski definition) is 3. The average Bonchev–Trinajstić information content (AvgIpc) is 2.17. The molecular formula is C9H10ClNO3S. The second kappa shape index (κ2) is 4.74. The Morgan fingerprint density at radius 2 is 2.00 bits per heavy atom. The molecule has 0 bridgehead atoms. The minimum Gasteiger partial charge on any atom is -0.276 e. The van der Waals surface area contributed by atoms with Crippen LogP contribution < -0.4 is 4.72 Å². The smallest absolute Gasteiger partial charge is 0.253 e. The van der Waals surface area contributed by atoms with Gasteiger partial charge >= 0.3 is 0 Å². The monoisotopic (exact) mass is 247 g/mol. The van der Waals surface area contributed by atoms with Gasteiger partial charge in [0.25, 0.3) is 5.24 Å². The van der Waals surface area contributed by atoms with Gasteiger partial charge < -0.3 is 0 Å². The maximum atomic E-state index is 11.6. The number of sulfonamides is 1. The number of nitrogens with one attached hydrogen (secondary N) is 1. The quantitative estimate of drug-likeness (QED) is 0.818. The van der Waals surface area contributed by atoms with Crippen molar-refractivity contribution in [3.05, 3.63) is 29.8 Å². The van der Waals surface area contributed by atoms with E-state index >= 15 is 0 Å². The Hall–Kier alpha value is -0.910. The molecule has 1 aromatic rings. The summed E-state index contributed by atoms with van der Waals surface area (Å²) in [5.41, 5.74) is -0.0138. The summed E-state index contributed by atoms with van der Waals surface area (Å²) in [4.78, 5) is 10.9. The molecule has 0 heterocycles. The predicted molar refractivity (Wildman–Crippen MR) is 57.5 cm³/mol. The molecule has 15 heavy (non-hydrogen) atoms. The maximum absolute atomic E-state index is 11.6. The zero-order valence-electron chi connectivity index (χ0n) is 8.03. The van der Waals surface area contributed by atoms with Crippen LogP contribution in [0.2, 0.25) is 0 Å². The first kappa shape index (κ1) is 12.2. The molecule has 0 aliphatic rings. The van der Waals surface area contributed by atoms with E-state index in [2.05, 4.69) is 4.72 Å². The first-order valence-electron chi connectivity index (χ1n) is 4.27. The normalized spacial score (nSPS) is 11.3. The first-order valence-corrected chi connectivity index (χ1v) is 6.13. The SMILES string of the molecule is CCNS(=O)(=O)c1ccccc1C(=O)Cl. The molecule has 1 rings (SSSR count). The van der Waals surface area contributed by atoms with Crippen molar-refractivity contribution in [1.29, 1.82) is 0 Å². The fourth-order valence-electron chi connectivity index (χ4n) is 1.13. The van der Waals surface area contributed by atoms with Gasteiger partial charge in [-0.25, -0.2) is 13.1 Å². The van der Waals surface area contributed by atoms with Crippen LogP contribution in [0.15, 0.2) is 29.2 Å². The summed E-state index contributed by atoms with van der Waals surface area (Å²) >= 11 is 5.28. The fourth-order valence-corrected chi connectivity index (χ4v) is 2.60. The lowest BCUT2D eigenvalue weighted by Gasteiger charge is -2.07. The van der Waals surface area contributed by atoms with Crippen molar-refractivity contribution >= 4 is 26.9 Å². The van der Waals surface area contributed by atoms with E-state index in [1.807, 2.05) is 0 Å². The minimum absolute atomic E-state index is 0.0138. The predicted octanol–water partition coefficient (Wildman–Crippen LogP) is 1.36. The molecule has 0 aromatic heterocycles. The number of halogens is 1. The Kier molecular flexibility index (Phi) is 3.84. The topological polar surface area (TPSA) is 63.2 Å². The summed E-state index contributed by atoms with van der Waals surface area (Å²) in [5, 5.41) is -0.785. The van der Waals surface area contributed by atoms with Crippen molar-refractivity contribution in [3.63, 3.8) is 0 Å². The first-order chi connectivity index (χ1) is 6.99. The molecule has 0 fully saturated rings. The van der Waals surface area contributed by atoms with Crippen LogP contribution >= 0.6 is 11.6 Å². The second-order valence-electron chi connectivity index (χ2n) is 2.77. The molecule has 0 amide bonds. The van der Waals surface area contributed by atoms with Gasteiger partial charge in [0.2, 0.25) is 10.0 Å². The lowest BCUT2D eigenvalue weighted by atomic mass is 10.2. The van der Waals surface area contributed by atoms with Crippen LogP contribution in [0.3, 0.4) is 0 Å². The van der Waals surface area contributed by atoms with Crippen LogP contribution in [0.1, 0.15) is 17.3 Å². The summed E-state index contributed by atoms with van der Waals surface area (Å²) in [7, 11) is -3.64. The number of carbonyl (C=O) groups is 1. The van der Waals surface area contributed by atoms with Crippen molar-refractivity contribution < 1.29 is 13.2 Å². The Bertz CT molecular complexity index is 470. The third-order valence-corrected chi connectivity index (χ3v) is 3.53. The summed E-state index contributed by atoms with van der Waals surface area (Å²) in [5.74, 6) is 0. The van der Waals surface area contributed by atoms with Crippen LogP contribution in [0, 0.1) is 0 Å². The molecule has 0 saturated carbocycles. The Labute approximate surface area is 93.3 Å². The van der Waals surface area contributed by atoms with Gasteiger partial charge in [-0.1, -0.05) is 19.1 Å². The van der Waals surface area contributed by atoms with E-state index in [4.69, 9.17) is 11.6 Å². The second-order valence-corrected chi connectivity index (χ2v) is 4.85. The molecule has 0 aliphatic heterocycles. The zero-order chi connectivity index (χ0) is 11.5. The molecule has 0 aliphatic carbocycles. The highest BCUT2D eigenvalue weighted by atomic mass is 35.5. The summed E-state index contributed by atoms with van der Waals surface area (Å²) < 4.78 is 25.6. The van der Waals surface area contributed by atoms with Gasteiger partial charge in [0.1, 0.15) is 0 Å². The lowest BCUT2D eigenvalue weighted by Crippen LogP contribution is -2.24. The molecule has 0 atom stereocenters. The molecule has 0 saturated heterocycles. The van der Waals surface area contributed by atoms with E-state index in [0.717, 1.165) is 0 Å². The third-order valence-electron chi connectivity index (χ3n) is 1.72. The van der Waals surface area contributed by atoms with Crippen molar-refractivity contribution in [3.8, 4) is 0 Å². The van der Waals surface area contributed by atoms with E-state index < -0.39 is 15.3 Å². The van der Waals surface area contributed by atoms with Crippen LogP contribution in [-0.4, -0.2) is 20.2 Å². The van der Waals surface area contributed by atoms with E-state index in [1.54, 1.807) is 13.0 Å². The zero-order valence-corrected chi connectivity index (χ0v) is 9.60. The van der Waals surface area contributed by atoms with Gasteiger partial charge in [-0.15, -0.1) is 0 Å². The van der Waals surface area contributed by atoms with Crippen molar-refractivity contribution in [2.24, 2.45) is 0 Å². The van der Waals surface area contributed by atoms with Gasteiger partial charge in [0.15, 0.2) is 0 Å². The largest absolute Gasteiger partial charge is 0.276 e. The minimum atomic E-state index is -3.64. The highest BCUT2D eigenvalue weighted by Gasteiger charge is 2.19. The maximum Gasteiger partial charge on any atom is 0.253 e. The van der Waals surface area contributed by atoms with Crippen LogP contribution in [0.25, 0.3) is 0 Å². The fraction of sp³-hybridized carbons (Fsp3) is 0.222. The van der Waals surface area contributed by atoms with Gasteiger partial charge in [0.05, 0.1) is 10.5 Å². The van der Waals surface area contributed by atoms with E-state index in [0.29, 0.717) is 0 Å². The molecule has 1 aromatic carbocycles. The molecule has 4 nitrogen and oxygen atoms in total. The average molecular weight is 248 g/mol. The van der Waals surface area contributed by atoms with Crippen LogP contribution in [0.5, 0.6) is 0 Å². The lowest BCUT2D eigenvalue weighted by molar-refractivity contribution is 0.107. The van der Waals surface area contributed by atoms with E-state index in [1.165, 1.54) is 18.2 Å². The Balaban J connectivity index is 3.31. The molecule has 6 heteroatoms. The van der Waals surface area contributed by atoms with Crippen molar-refractivity contribution in [1.82, 2.24) is 4.72 Å². The van der Waals surface area contributed by atoms with Crippen LogP contribution in [-0.2, 0) is 10.0 Å². The Morgan fingerprint density at radius 3 is 2.53 bits per heavy atom. The standard InChI is InChI=1S/C9H10ClNO3S/c1-2-11-15(13,14)8-6-4-3-5-7(8)9(10)12/h3-6,11H,2H2,1H3. The Morgan fingerprint density at radius 1 is 1.40 bits per heavy atom. The molecule has 0 unspecified atom stereocenters. The number of rotatable bonds is 4. The number of benzene rings is 1. The number of hydrogen-bond donors (Lipinski definition) is 1. The highest BCUT2D eigenvalue weighted by Crippen LogP contribution is 2.16. The third kappa shape index (κ3) is 2.77.